The van der Waals surface area contributed by atoms with E-state index in [2.05, 4.69) is 5.16 Å². The SMILES string of the molecule is CS(=O)(=O)O[C@H](COCc1ccccc1)[C@H](OCc1ccccc1)c1ccno1. The van der Waals surface area contributed by atoms with Crippen molar-refractivity contribution in [3.05, 3.63) is 89.8 Å². The molecular formula is C21H23NO6S. The van der Waals surface area contributed by atoms with Crippen LogP contribution < -0.4 is 0 Å². The lowest BCUT2D eigenvalue weighted by Crippen LogP contribution is -2.31. The quantitative estimate of drug-likeness (QED) is 0.441. The van der Waals surface area contributed by atoms with Crippen molar-refractivity contribution in [3.8, 4) is 0 Å². The molecule has 0 bridgehead atoms. The highest BCUT2D eigenvalue weighted by Crippen LogP contribution is 2.26. The average Bonchev–Trinajstić information content (AvgIpc) is 3.23. The maximum absolute atomic E-state index is 11.8. The van der Waals surface area contributed by atoms with Gasteiger partial charge < -0.3 is 14.0 Å². The first kappa shape index (κ1) is 21.2. The normalized spacial score (nSPS) is 13.8. The number of nitrogens with zero attached hydrogens (tertiary/aromatic N) is 1. The summed E-state index contributed by atoms with van der Waals surface area (Å²) in [6.07, 6.45) is 0.705. The smallest absolute Gasteiger partial charge is 0.264 e. The topological polar surface area (TPSA) is 87.9 Å². The van der Waals surface area contributed by atoms with Crippen LogP contribution in [0.25, 0.3) is 0 Å². The Bertz CT molecular complexity index is 945. The van der Waals surface area contributed by atoms with Crippen LogP contribution in [-0.2, 0) is 37.0 Å². The molecule has 0 aliphatic heterocycles. The molecule has 0 fully saturated rings. The van der Waals surface area contributed by atoms with Gasteiger partial charge >= 0.3 is 0 Å². The summed E-state index contributed by atoms with van der Waals surface area (Å²) in [5.41, 5.74) is 1.90. The lowest BCUT2D eigenvalue weighted by Gasteiger charge is -2.24. The van der Waals surface area contributed by atoms with E-state index in [0.717, 1.165) is 17.4 Å². The number of hydrogen-bond donors (Lipinski definition) is 0. The van der Waals surface area contributed by atoms with Gasteiger partial charge in [-0.2, -0.15) is 8.42 Å². The zero-order chi connectivity index (χ0) is 20.5. The second-order valence-electron chi connectivity index (χ2n) is 6.47. The fraction of sp³-hybridized carbons (Fsp3) is 0.286. The number of rotatable bonds is 11. The van der Waals surface area contributed by atoms with E-state index in [-0.39, 0.29) is 13.2 Å². The van der Waals surface area contributed by atoms with Crippen LogP contribution in [0.3, 0.4) is 0 Å². The van der Waals surface area contributed by atoms with Crippen molar-refractivity contribution in [1.82, 2.24) is 5.16 Å². The van der Waals surface area contributed by atoms with E-state index in [9.17, 15) is 8.42 Å². The summed E-state index contributed by atoms with van der Waals surface area (Å²) < 4.78 is 45.9. The molecule has 154 valence electrons. The van der Waals surface area contributed by atoms with Crippen LogP contribution in [0.1, 0.15) is 23.0 Å². The van der Waals surface area contributed by atoms with Gasteiger partial charge in [0.05, 0.1) is 32.3 Å². The van der Waals surface area contributed by atoms with Crippen molar-refractivity contribution in [2.45, 2.75) is 25.4 Å². The van der Waals surface area contributed by atoms with Crippen LogP contribution >= 0.6 is 0 Å². The molecule has 0 aliphatic rings. The largest absolute Gasteiger partial charge is 0.374 e. The average molecular weight is 417 g/mol. The minimum atomic E-state index is -3.76. The standard InChI is InChI=1S/C21H23NO6S/c1-29(23,24)28-20(16-25-14-17-8-4-2-5-9-17)21(19-12-13-22-27-19)26-15-18-10-6-3-7-11-18/h2-13,20-21H,14-16H2,1H3/t20-,21-/m1/s1. The zero-order valence-corrected chi connectivity index (χ0v) is 16.8. The van der Waals surface area contributed by atoms with Crippen LogP contribution in [0.5, 0.6) is 0 Å². The molecular weight excluding hydrogens is 394 g/mol. The highest BCUT2D eigenvalue weighted by atomic mass is 32.2. The van der Waals surface area contributed by atoms with Gasteiger partial charge in [0.1, 0.15) is 12.2 Å². The second kappa shape index (κ2) is 10.3. The fourth-order valence-corrected chi connectivity index (χ4v) is 3.37. The molecule has 7 nitrogen and oxygen atoms in total. The van der Waals surface area contributed by atoms with E-state index < -0.39 is 22.3 Å². The first-order valence-electron chi connectivity index (χ1n) is 9.07. The van der Waals surface area contributed by atoms with E-state index in [1.165, 1.54) is 6.20 Å². The minimum absolute atomic E-state index is 0.0118. The molecule has 0 saturated carbocycles. The Morgan fingerprint density at radius 3 is 2.10 bits per heavy atom. The third-order valence-corrected chi connectivity index (χ3v) is 4.64. The molecule has 1 aromatic heterocycles. The summed E-state index contributed by atoms with van der Waals surface area (Å²) >= 11 is 0. The van der Waals surface area contributed by atoms with Crippen molar-refractivity contribution < 1.29 is 26.6 Å². The van der Waals surface area contributed by atoms with Crippen LogP contribution in [0.15, 0.2) is 77.4 Å². The third-order valence-electron chi connectivity index (χ3n) is 4.04. The lowest BCUT2D eigenvalue weighted by atomic mass is 10.1. The van der Waals surface area contributed by atoms with E-state index in [4.69, 9.17) is 18.2 Å². The summed E-state index contributed by atoms with van der Waals surface area (Å²) in [4.78, 5) is 0. The number of ether oxygens (including phenoxy) is 2. The molecule has 2 atom stereocenters. The number of hydrogen-bond acceptors (Lipinski definition) is 7. The first-order chi connectivity index (χ1) is 14.0. The van der Waals surface area contributed by atoms with Crippen molar-refractivity contribution in [2.24, 2.45) is 0 Å². The van der Waals surface area contributed by atoms with Crippen molar-refractivity contribution in [3.63, 3.8) is 0 Å². The van der Waals surface area contributed by atoms with Crippen LogP contribution in [0.2, 0.25) is 0 Å². The molecule has 0 aliphatic carbocycles. The highest BCUT2D eigenvalue weighted by molar-refractivity contribution is 7.86. The Balaban J connectivity index is 1.74. The van der Waals surface area contributed by atoms with Gasteiger partial charge in [-0.3, -0.25) is 4.18 Å². The van der Waals surface area contributed by atoms with E-state index >= 15 is 0 Å². The number of aromatic nitrogens is 1. The Labute approximate surface area is 170 Å². The van der Waals surface area contributed by atoms with Crippen LogP contribution in [-0.4, -0.2) is 32.5 Å². The van der Waals surface area contributed by atoms with Crippen molar-refractivity contribution in [2.75, 3.05) is 12.9 Å². The van der Waals surface area contributed by atoms with E-state index in [0.29, 0.717) is 12.4 Å². The maximum atomic E-state index is 11.8. The van der Waals surface area contributed by atoms with Crippen molar-refractivity contribution in [1.29, 1.82) is 0 Å². The fourth-order valence-electron chi connectivity index (χ4n) is 2.76. The van der Waals surface area contributed by atoms with E-state index in [1.54, 1.807) is 6.07 Å². The zero-order valence-electron chi connectivity index (χ0n) is 16.0. The Hall–Kier alpha value is -2.52. The van der Waals surface area contributed by atoms with Gasteiger partial charge in [-0.15, -0.1) is 0 Å². The van der Waals surface area contributed by atoms with Crippen LogP contribution in [0.4, 0.5) is 0 Å². The molecule has 2 aromatic carbocycles. The Morgan fingerprint density at radius 1 is 0.931 bits per heavy atom. The minimum Gasteiger partial charge on any atom is -0.374 e. The van der Waals surface area contributed by atoms with Gasteiger partial charge in [-0.1, -0.05) is 65.8 Å². The first-order valence-corrected chi connectivity index (χ1v) is 10.9. The predicted octanol–water partition coefficient (Wildman–Crippen LogP) is 3.49. The summed E-state index contributed by atoms with van der Waals surface area (Å²) in [6, 6.07) is 20.7. The summed E-state index contributed by atoms with van der Waals surface area (Å²) in [7, 11) is -3.76. The molecule has 29 heavy (non-hydrogen) atoms. The molecule has 3 aromatic rings. The van der Waals surface area contributed by atoms with Gasteiger partial charge in [0.25, 0.3) is 10.1 Å². The van der Waals surface area contributed by atoms with E-state index in [1.807, 2.05) is 60.7 Å². The second-order valence-corrected chi connectivity index (χ2v) is 8.07. The molecule has 0 radical (unpaired) electrons. The molecule has 0 unspecified atom stereocenters. The molecule has 0 saturated heterocycles. The Kier molecular flexibility index (Phi) is 7.54. The molecule has 0 spiro atoms. The highest BCUT2D eigenvalue weighted by Gasteiger charge is 2.31. The summed E-state index contributed by atoms with van der Waals surface area (Å²) in [5, 5.41) is 3.70. The van der Waals surface area contributed by atoms with Gasteiger partial charge in [-0.05, 0) is 11.1 Å². The molecule has 0 N–H and O–H groups in total. The lowest BCUT2D eigenvalue weighted by molar-refractivity contribution is -0.0794. The van der Waals surface area contributed by atoms with Gasteiger partial charge in [0.2, 0.25) is 0 Å². The summed E-state index contributed by atoms with van der Waals surface area (Å²) in [5.74, 6) is 0.359. The monoisotopic (exact) mass is 417 g/mol. The number of benzene rings is 2. The van der Waals surface area contributed by atoms with Gasteiger partial charge in [-0.25, -0.2) is 0 Å². The van der Waals surface area contributed by atoms with Gasteiger partial charge in [0, 0.05) is 6.07 Å². The molecule has 0 amide bonds. The third kappa shape index (κ3) is 7.10. The molecule has 1 heterocycles. The summed E-state index contributed by atoms with van der Waals surface area (Å²) in [6.45, 7) is 0.545. The Morgan fingerprint density at radius 2 is 1.55 bits per heavy atom. The molecule has 8 heteroatoms. The van der Waals surface area contributed by atoms with Crippen LogP contribution in [0, 0.1) is 0 Å². The van der Waals surface area contributed by atoms with Crippen molar-refractivity contribution >= 4 is 10.1 Å². The maximum Gasteiger partial charge on any atom is 0.264 e. The molecule has 3 rings (SSSR count). The van der Waals surface area contributed by atoms with Gasteiger partial charge in [0.15, 0.2) is 5.76 Å². The predicted molar refractivity (Wildman–Crippen MR) is 106 cm³/mol.